The van der Waals surface area contributed by atoms with Crippen LogP contribution in [-0.4, -0.2) is 60.3 Å². The van der Waals surface area contributed by atoms with Crippen LogP contribution in [0, 0.1) is 17.2 Å². The predicted octanol–water partition coefficient (Wildman–Crippen LogP) is 2.73. The second-order valence-electron chi connectivity index (χ2n) is 9.23. The molecule has 0 bridgehead atoms. The Kier molecular flexibility index (Phi) is 7.00. The minimum atomic E-state index is -3.60. The van der Waals surface area contributed by atoms with E-state index < -0.39 is 15.3 Å². The summed E-state index contributed by atoms with van der Waals surface area (Å²) in [6.07, 6.45) is 18.8. The van der Waals surface area contributed by atoms with Crippen molar-refractivity contribution < 1.29 is 13.2 Å². The molecule has 8 heteroatoms. The van der Waals surface area contributed by atoms with Crippen LogP contribution in [0.1, 0.15) is 44.9 Å². The molecule has 0 saturated carbocycles. The second kappa shape index (κ2) is 9.75. The Bertz CT molecular complexity index is 958. The van der Waals surface area contributed by atoms with Crippen LogP contribution in [0.5, 0.6) is 0 Å². The van der Waals surface area contributed by atoms with Crippen LogP contribution in [0.15, 0.2) is 48.1 Å². The van der Waals surface area contributed by atoms with Crippen molar-refractivity contribution in [2.45, 2.75) is 56.2 Å². The van der Waals surface area contributed by atoms with E-state index in [1.807, 2.05) is 17.1 Å². The number of carbonyl (C=O) groups excluding carboxylic acids is 1. The van der Waals surface area contributed by atoms with Gasteiger partial charge >= 0.3 is 0 Å². The lowest BCUT2D eigenvalue weighted by Gasteiger charge is -2.42. The molecule has 2 saturated heterocycles. The first-order valence-corrected chi connectivity index (χ1v) is 13.2. The van der Waals surface area contributed by atoms with Crippen molar-refractivity contribution in [2.75, 3.05) is 19.6 Å². The van der Waals surface area contributed by atoms with Gasteiger partial charge in [-0.15, -0.1) is 0 Å². The first-order chi connectivity index (χ1) is 15.4. The molecule has 2 aliphatic carbocycles. The fourth-order valence-electron chi connectivity index (χ4n) is 5.26. The Labute approximate surface area is 191 Å². The van der Waals surface area contributed by atoms with E-state index in [1.54, 1.807) is 16.5 Å². The van der Waals surface area contributed by atoms with Gasteiger partial charge in [-0.2, -0.15) is 4.31 Å². The third-order valence-electron chi connectivity index (χ3n) is 7.19. The second-order valence-corrected chi connectivity index (χ2v) is 11.3. The molecule has 174 valence electrons. The molecule has 2 aliphatic heterocycles. The first-order valence-electron chi connectivity index (χ1n) is 11.7. The normalized spacial score (nSPS) is 29.7. The zero-order chi connectivity index (χ0) is 22.7. The van der Waals surface area contributed by atoms with E-state index in [0.717, 1.165) is 18.4 Å². The maximum atomic E-state index is 13.7. The molecule has 0 aromatic heterocycles. The van der Waals surface area contributed by atoms with Gasteiger partial charge < -0.3 is 10.6 Å². The molecular formula is C24H34N4O3S. The number of likely N-dealkylation sites (tertiary alicyclic amines) is 1. The lowest BCUT2D eigenvalue weighted by atomic mass is 9.87. The van der Waals surface area contributed by atoms with Gasteiger partial charge in [0.15, 0.2) is 0 Å². The van der Waals surface area contributed by atoms with E-state index in [4.69, 9.17) is 11.1 Å². The smallest absolute Gasteiger partial charge is 0.227 e. The van der Waals surface area contributed by atoms with Crippen LogP contribution in [-0.2, 0) is 14.8 Å². The monoisotopic (exact) mass is 458 g/mol. The minimum Gasteiger partial charge on any atom is -0.387 e. The van der Waals surface area contributed by atoms with Crippen molar-refractivity contribution in [1.29, 1.82) is 5.41 Å². The molecule has 0 spiro atoms. The van der Waals surface area contributed by atoms with Crippen LogP contribution >= 0.6 is 0 Å². The number of hydrogen-bond acceptors (Lipinski definition) is 4. The number of piperidine rings is 2. The summed E-state index contributed by atoms with van der Waals surface area (Å²) in [5.41, 5.74) is 6.70. The van der Waals surface area contributed by atoms with E-state index >= 15 is 0 Å². The first kappa shape index (κ1) is 23.0. The molecule has 0 aromatic rings. The van der Waals surface area contributed by atoms with Crippen molar-refractivity contribution in [1.82, 2.24) is 9.21 Å². The molecule has 3 N–H and O–H groups in total. The highest BCUT2D eigenvalue weighted by atomic mass is 32.2. The highest BCUT2D eigenvalue weighted by Gasteiger charge is 2.43. The van der Waals surface area contributed by atoms with E-state index in [-0.39, 0.29) is 36.2 Å². The maximum Gasteiger partial charge on any atom is 0.227 e. The summed E-state index contributed by atoms with van der Waals surface area (Å²) in [4.78, 5) is 15.2. The van der Waals surface area contributed by atoms with Gasteiger partial charge in [-0.1, -0.05) is 42.5 Å². The standard InChI is InChI=1S/C24H34N4O3S/c25-23(26)19-13-15-27(16-14-19)24(29)20-11-12-22(18-7-3-1-4-8-18)28(17-20)32(30,31)21-9-5-2-6-10-21/h2-3,5-9,19-22H,1,4,10-17H2,(H3,25,26). The number of allylic oxidation sites excluding steroid dienone is 5. The number of hydrogen-bond donors (Lipinski definition) is 2. The molecule has 3 atom stereocenters. The Balaban J connectivity index is 1.53. The van der Waals surface area contributed by atoms with Gasteiger partial charge in [0.1, 0.15) is 0 Å². The molecule has 0 radical (unpaired) electrons. The number of sulfonamides is 1. The summed E-state index contributed by atoms with van der Waals surface area (Å²) < 4.78 is 29.0. The van der Waals surface area contributed by atoms with Crippen LogP contribution in [0.2, 0.25) is 0 Å². The number of amides is 1. The predicted molar refractivity (Wildman–Crippen MR) is 126 cm³/mol. The third-order valence-corrected chi connectivity index (χ3v) is 9.36. The largest absolute Gasteiger partial charge is 0.387 e. The van der Waals surface area contributed by atoms with Crippen LogP contribution in [0.25, 0.3) is 0 Å². The quantitative estimate of drug-likeness (QED) is 0.488. The fraction of sp³-hybridized carbons (Fsp3) is 0.583. The lowest BCUT2D eigenvalue weighted by molar-refractivity contribution is -0.138. The van der Waals surface area contributed by atoms with Gasteiger partial charge in [-0.3, -0.25) is 10.2 Å². The average Bonchev–Trinajstić information content (AvgIpc) is 2.84. The minimum absolute atomic E-state index is 0.0397. The summed E-state index contributed by atoms with van der Waals surface area (Å²) in [5.74, 6) is -0.0507. The molecule has 4 aliphatic rings. The van der Waals surface area contributed by atoms with E-state index in [2.05, 4.69) is 18.2 Å². The van der Waals surface area contributed by atoms with Crippen molar-refractivity contribution in [3.8, 4) is 0 Å². The summed E-state index contributed by atoms with van der Waals surface area (Å²) in [6.45, 7) is 1.40. The number of rotatable bonds is 5. The lowest BCUT2D eigenvalue weighted by Crippen LogP contribution is -2.54. The van der Waals surface area contributed by atoms with Crippen LogP contribution in [0.4, 0.5) is 0 Å². The summed E-state index contributed by atoms with van der Waals surface area (Å²) >= 11 is 0. The van der Waals surface area contributed by atoms with Crippen LogP contribution < -0.4 is 5.73 Å². The number of nitrogens with one attached hydrogen (secondary N) is 1. The van der Waals surface area contributed by atoms with Gasteiger partial charge in [-0.25, -0.2) is 8.42 Å². The van der Waals surface area contributed by atoms with Crippen molar-refractivity contribution >= 4 is 21.8 Å². The maximum absolute atomic E-state index is 13.7. The molecule has 0 aromatic carbocycles. The number of nitrogens with two attached hydrogens (primary N) is 1. The van der Waals surface area contributed by atoms with E-state index in [9.17, 15) is 13.2 Å². The summed E-state index contributed by atoms with van der Waals surface area (Å²) in [5, 5.41) is 7.07. The Hall–Kier alpha value is -2.19. The summed E-state index contributed by atoms with van der Waals surface area (Å²) in [6, 6.07) is -0.205. The van der Waals surface area contributed by atoms with Crippen molar-refractivity contribution in [3.05, 3.63) is 48.1 Å². The molecular weight excluding hydrogens is 424 g/mol. The fourth-order valence-corrected chi connectivity index (χ4v) is 7.22. The average molecular weight is 459 g/mol. The van der Waals surface area contributed by atoms with Gasteiger partial charge in [0, 0.05) is 31.6 Å². The molecule has 2 fully saturated rings. The molecule has 3 unspecified atom stereocenters. The SMILES string of the molecule is N=C(N)C1CCN(C(=O)C2CCC(C3=CCCC=C3)N(S(=O)(=O)C3C=CC=CC3)C2)CC1. The number of amidine groups is 1. The Morgan fingerprint density at radius 1 is 1.03 bits per heavy atom. The van der Waals surface area contributed by atoms with Crippen LogP contribution in [0.3, 0.4) is 0 Å². The number of nitrogens with zero attached hydrogens (tertiary/aromatic N) is 2. The highest BCUT2D eigenvalue weighted by molar-refractivity contribution is 7.89. The molecule has 1 amide bonds. The van der Waals surface area contributed by atoms with Gasteiger partial charge in [0.25, 0.3) is 0 Å². The Morgan fingerprint density at radius 3 is 2.44 bits per heavy atom. The zero-order valence-corrected chi connectivity index (χ0v) is 19.3. The molecule has 4 rings (SSSR count). The van der Waals surface area contributed by atoms with E-state index in [1.165, 1.54) is 0 Å². The van der Waals surface area contributed by atoms with E-state index in [0.29, 0.717) is 45.2 Å². The summed E-state index contributed by atoms with van der Waals surface area (Å²) in [7, 11) is -3.60. The highest BCUT2D eigenvalue weighted by Crippen LogP contribution is 2.35. The topological polar surface area (TPSA) is 108 Å². The van der Waals surface area contributed by atoms with Gasteiger partial charge in [0.05, 0.1) is 17.0 Å². The van der Waals surface area contributed by atoms with Crippen molar-refractivity contribution in [3.63, 3.8) is 0 Å². The number of carbonyl (C=O) groups is 1. The Morgan fingerprint density at radius 2 is 1.81 bits per heavy atom. The molecule has 32 heavy (non-hydrogen) atoms. The van der Waals surface area contributed by atoms with Gasteiger partial charge in [0.2, 0.25) is 15.9 Å². The zero-order valence-electron chi connectivity index (χ0n) is 18.5. The molecule has 7 nitrogen and oxygen atoms in total. The third kappa shape index (κ3) is 4.76. The van der Waals surface area contributed by atoms with Crippen molar-refractivity contribution in [2.24, 2.45) is 17.6 Å². The van der Waals surface area contributed by atoms with Gasteiger partial charge in [-0.05, 0) is 50.5 Å². The molecule has 2 heterocycles.